The molecule has 0 aromatic carbocycles. The van der Waals surface area contributed by atoms with E-state index in [0.29, 0.717) is 36.0 Å². The molecule has 2 aromatic rings. The van der Waals surface area contributed by atoms with E-state index in [1.54, 1.807) is 10.7 Å². The molecule has 0 bridgehead atoms. The third kappa shape index (κ3) is 4.79. The van der Waals surface area contributed by atoms with Crippen molar-refractivity contribution in [2.24, 2.45) is 17.8 Å². The Morgan fingerprint density at radius 3 is 3.00 bits per heavy atom. The van der Waals surface area contributed by atoms with Gasteiger partial charge in [0.25, 0.3) is 0 Å². The van der Waals surface area contributed by atoms with Gasteiger partial charge in [-0.25, -0.2) is 4.98 Å². The summed E-state index contributed by atoms with van der Waals surface area (Å²) < 4.78 is 1.71. The standard InChI is InChI=1S/C25H27BClN5O/c26-20-15-30-32-23(14-22(31-24(20)32)17-9-4-5-10-21(17)27)28-11-6-12-29-25(33)19-13-18(19)16-7-2-1-3-8-16/h1-4,7,9,14-16,18-19,28H,5-6,8,10-13H2,(H,29,33)/t16-,18?,19-/m1/s1. The number of rotatable bonds is 8. The van der Waals surface area contributed by atoms with Crippen LogP contribution in [0.1, 0.15) is 37.8 Å². The van der Waals surface area contributed by atoms with Gasteiger partial charge in [0.15, 0.2) is 5.65 Å². The summed E-state index contributed by atoms with van der Waals surface area (Å²) in [6.07, 6.45) is 18.9. The predicted octanol–water partition coefficient (Wildman–Crippen LogP) is 3.51. The lowest BCUT2D eigenvalue weighted by molar-refractivity contribution is -0.122. The molecule has 6 nitrogen and oxygen atoms in total. The van der Waals surface area contributed by atoms with Crippen LogP contribution in [0, 0.1) is 17.8 Å². The van der Waals surface area contributed by atoms with Crippen molar-refractivity contribution in [1.29, 1.82) is 0 Å². The van der Waals surface area contributed by atoms with Crippen molar-refractivity contribution in [2.45, 2.75) is 32.1 Å². The summed E-state index contributed by atoms with van der Waals surface area (Å²) in [7, 11) is 6.09. The molecule has 0 spiro atoms. The normalized spacial score (nSPS) is 23.8. The van der Waals surface area contributed by atoms with Crippen LogP contribution in [0.2, 0.25) is 0 Å². The first-order chi connectivity index (χ1) is 16.1. The van der Waals surface area contributed by atoms with Crippen molar-refractivity contribution >= 4 is 47.9 Å². The number of carbonyl (C=O) groups is 1. The Hall–Kier alpha value is -2.80. The van der Waals surface area contributed by atoms with E-state index >= 15 is 0 Å². The number of hydrogen-bond donors (Lipinski definition) is 2. The van der Waals surface area contributed by atoms with E-state index in [1.807, 2.05) is 12.1 Å². The number of anilines is 1. The van der Waals surface area contributed by atoms with Crippen LogP contribution < -0.4 is 16.1 Å². The van der Waals surface area contributed by atoms with Gasteiger partial charge >= 0.3 is 0 Å². The van der Waals surface area contributed by atoms with Gasteiger partial charge in [-0.1, -0.05) is 48.1 Å². The van der Waals surface area contributed by atoms with Crippen LogP contribution in [0.3, 0.4) is 0 Å². The average Bonchev–Trinajstić information content (AvgIpc) is 3.56. The Labute approximate surface area is 200 Å². The number of nitrogens with one attached hydrogen (secondary N) is 2. The molecule has 0 aliphatic heterocycles. The van der Waals surface area contributed by atoms with Gasteiger partial charge in [-0.2, -0.15) is 9.61 Å². The largest absolute Gasteiger partial charge is 0.370 e. The van der Waals surface area contributed by atoms with Crippen LogP contribution >= 0.6 is 11.6 Å². The zero-order valence-electron chi connectivity index (χ0n) is 18.5. The van der Waals surface area contributed by atoms with E-state index in [0.717, 1.165) is 54.2 Å². The lowest BCUT2D eigenvalue weighted by atomic mass is 9.94. The van der Waals surface area contributed by atoms with Gasteiger partial charge in [-0.15, -0.1) is 0 Å². The van der Waals surface area contributed by atoms with E-state index in [-0.39, 0.29) is 11.8 Å². The summed E-state index contributed by atoms with van der Waals surface area (Å²) in [5.41, 5.74) is 2.82. The molecule has 5 rings (SSSR count). The lowest BCUT2D eigenvalue weighted by Gasteiger charge is -2.14. The first-order valence-corrected chi connectivity index (χ1v) is 12.0. The third-order valence-electron chi connectivity index (χ3n) is 6.58. The van der Waals surface area contributed by atoms with Crippen LogP contribution in [0.25, 0.3) is 11.2 Å². The number of carbonyl (C=O) groups excluding carboxylic acids is 1. The van der Waals surface area contributed by atoms with Gasteiger partial charge in [-0.05, 0) is 49.4 Å². The van der Waals surface area contributed by atoms with Gasteiger partial charge in [0.1, 0.15) is 13.7 Å². The van der Waals surface area contributed by atoms with Crippen molar-refractivity contribution in [3.05, 3.63) is 59.4 Å². The molecule has 2 aromatic heterocycles. The minimum Gasteiger partial charge on any atom is -0.370 e. The molecule has 8 heteroatoms. The monoisotopic (exact) mass is 459 g/mol. The molecule has 0 saturated heterocycles. The molecule has 1 saturated carbocycles. The Morgan fingerprint density at radius 1 is 1.27 bits per heavy atom. The molecule has 3 aliphatic rings. The number of aromatic nitrogens is 3. The Bertz CT molecular complexity index is 1180. The zero-order valence-corrected chi connectivity index (χ0v) is 19.3. The maximum Gasteiger partial charge on any atom is 0.223 e. The number of hydrogen-bond acceptors (Lipinski definition) is 4. The number of amides is 1. The zero-order chi connectivity index (χ0) is 22.8. The molecular formula is C25H27BClN5O. The van der Waals surface area contributed by atoms with E-state index in [1.165, 1.54) is 0 Å². The van der Waals surface area contributed by atoms with E-state index in [4.69, 9.17) is 19.4 Å². The van der Waals surface area contributed by atoms with E-state index in [9.17, 15) is 4.79 Å². The smallest absolute Gasteiger partial charge is 0.223 e. The quantitative estimate of drug-likeness (QED) is 0.468. The van der Waals surface area contributed by atoms with Crippen molar-refractivity contribution in [3.8, 4) is 0 Å². The van der Waals surface area contributed by atoms with E-state index < -0.39 is 0 Å². The fourth-order valence-electron chi connectivity index (χ4n) is 4.66. The summed E-state index contributed by atoms with van der Waals surface area (Å²) in [5.74, 6) is 2.15. The topological polar surface area (TPSA) is 71.3 Å². The molecule has 33 heavy (non-hydrogen) atoms. The van der Waals surface area contributed by atoms with Gasteiger partial charge in [-0.3, -0.25) is 4.79 Å². The van der Waals surface area contributed by atoms with Gasteiger partial charge in [0.05, 0.1) is 5.69 Å². The van der Waals surface area contributed by atoms with Crippen LogP contribution in [-0.2, 0) is 4.79 Å². The number of nitrogens with zero attached hydrogens (tertiary/aromatic N) is 3. The second-order valence-electron chi connectivity index (χ2n) is 8.91. The molecular weight excluding hydrogens is 433 g/mol. The van der Waals surface area contributed by atoms with Crippen LogP contribution in [0.5, 0.6) is 0 Å². The minimum atomic E-state index is 0.162. The molecule has 1 fully saturated rings. The SMILES string of the molecule is [B]c1cnn2c(NCCCNC(=O)[C@@H]3CC3[C@@H]3C=CC=CC3)cc(C3=C(Cl)CCC=C3)nc12. The van der Waals surface area contributed by atoms with Gasteiger partial charge < -0.3 is 10.6 Å². The number of halogens is 1. The van der Waals surface area contributed by atoms with E-state index in [2.05, 4.69) is 51.1 Å². The summed E-state index contributed by atoms with van der Waals surface area (Å²) in [6.45, 7) is 1.32. The first kappa shape index (κ1) is 22.0. The molecule has 3 atom stereocenters. The molecule has 1 amide bonds. The first-order valence-electron chi connectivity index (χ1n) is 11.7. The molecule has 1 unspecified atom stereocenters. The van der Waals surface area contributed by atoms with Crippen molar-refractivity contribution < 1.29 is 4.79 Å². The number of allylic oxidation sites excluding steroid dienone is 8. The second-order valence-corrected chi connectivity index (χ2v) is 9.37. The summed E-state index contributed by atoms with van der Waals surface area (Å²) in [6, 6.07) is 1.95. The maximum absolute atomic E-state index is 12.5. The Morgan fingerprint density at radius 2 is 2.18 bits per heavy atom. The van der Waals surface area contributed by atoms with Crippen LogP contribution in [-0.4, -0.2) is 41.4 Å². The molecule has 168 valence electrons. The van der Waals surface area contributed by atoms with Gasteiger partial charge in [0, 0.05) is 41.9 Å². The molecule has 2 radical (unpaired) electrons. The second kappa shape index (κ2) is 9.60. The molecule has 3 aliphatic carbocycles. The summed E-state index contributed by atoms with van der Waals surface area (Å²) in [5, 5.41) is 11.7. The Balaban J connectivity index is 1.16. The van der Waals surface area contributed by atoms with Crippen LogP contribution in [0.15, 0.2) is 53.8 Å². The summed E-state index contributed by atoms with van der Waals surface area (Å²) >= 11 is 6.47. The highest BCUT2D eigenvalue weighted by molar-refractivity contribution is 6.36. The lowest BCUT2D eigenvalue weighted by Crippen LogP contribution is -2.28. The third-order valence-corrected chi connectivity index (χ3v) is 6.97. The van der Waals surface area contributed by atoms with Crippen molar-refractivity contribution in [1.82, 2.24) is 19.9 Å². The molecule has 2 N–H and O–H groups in total. The highest BCUT2D eigenvalue weighted by Gasteiger charge is 2.46. The summed E-state index contributed by atoms with van der Waals surface area (Å²) in [4.78, 5) is 17.2. The minimum absolute atomic E-state index is 0.162. The fourth-order valence-corrected chi connectivity index (χ4v) is 4.93. The van der Waals surface area contributed by atoms with Crippen LogP contribution in [0.4, 0.5) is 5.82 Å². The maximum atomic E-state index is 12.5. The highest BCUT2D eigenvalue weighted by atomic mass is 35.5. The Kier molecular flexibility index (Phi) is 6.40. The molecule has 2 heterocycles. The van der Waals surface area contributed by atoms with Crippen molar-refractivity contribution in [2.75, 3.05) is 18.4 Å². The number of fused-ring (bicyclic) bond motifs is 1. The predicted molar refractivity (Wildman–Crippen MR) is 134 cm³/mol. The fraction of sp³-hybridized carbons (Fsp3) is 0.400. The van der Waals surface area contributed by atoms with Crippen molar-refractivity contribution in [3.63, 3.8) is 0 Å². The average molecular weight is 460 g/mol. The highest BCUT2D eigenvalue weighted by Crippen LogP contribution is 2.47. The van der Waals surface area contributed by atoms with Gasteiger partial charge in [0.2, 0.25) is 5.91 Å².